The summed E-state index contributed by atoms with van der Waals surface area (Å²) >= 11 is 11.8. The maximum absolute atomic E-state index is 13.7. The molecule has 0 saturated heterocycles. The topological polar surface area (TPSA) is 46.9 Å². The summed E-state index contributed by atoms with van der Waals surface area (Å²) in [4.78, 5) is 12.4. The fraction of sp³-hybridized carbons (Fsp3) is 0.200. The Balaban J connectivity index is 1.82. The lowest BCUT2D eigenvalue weighted by Crippen LogP contribution is -2.28. The van der Waals surface area contributed by atoms with Crippen LogP contribution in [0.4, 0.5) is 26.3 Å². The molecule has 1 N–H and O–H groups in total. The fourth-order valence-corrected chi connectivity index (χ4v) is 3.41. The molecular formula is C20H13Cl2F6N3O. The molecule has 3 aromatic rings. The highest BCUT2D eigenvalue weighted by atomic mass is 35.5. The molecule has 1 heterocycles. The second kappa shape index (κ2) is 9.03. The summed E-state index contributed by atoms with van der Waals surface area (Å²) in [7, 11) is 0. The number of halogens is 8. The van der Waals surface area contributed by atoms with Crippen molar-refractivity contribution in [3.8, 4) is 5.69 Å². The van der Waals surface area contributed by atoms with Gasteiger partial charge in [0.25, 0.3) is 5.91 Å². The standard InChI is InChI=1S/C20H13Cl2F6N3O/c21-13-4-1-11(16(22)9-13)7-8-29-18(32)15-10-30-31(17(15)20(26,27)28)14-5-2-12(3-6-14)19(23,24)25/h1-6,9-10H,7-8H2,(H,29,32). The monoisotopic (exact) mass is 495 g/mol. The van der Waals surface area contributed by atoms with Gasteiger partial charge in [-0.25, -0.2) is 4.68 Å². The summed E-state index contributed by atoms with van der Waals surface area (Å²) in [6.07, 6.45) is -8.69. The number of aromatic nitrogens is 2. The second-order valence-corrected chi connectivity index (χ2v) is 7.45. The number of hydrogen-bond donors (Lipinski definition) is 1. The van der Waals surface area contributed by atoms with Crippen LogP contribution in [-0.4, -0.2) is 22.2 Å². The third kappa shape index (κ3) is 5.36. The van der Waals surface area contributed by atoms with E-state index in [2.05, 4.69) is 10.4 Å². The van der Waals surface area contributed by atoms with Gasteiger partial charge < -0.3 is 5.32 Å². The molecule has 0 aliphatic carbocycles. The molecule has 0 saturated carbocycles. The first-order valence-electron chi connectivity index (χ1n) is 8.93. The maximum Gasteiger partial charge on any atom is 0.434 e. The molecule has 1 aromatic heterocycles. The zero-order valence-electron chi connectivity index (χ0n) is 15.9. The first-order valence-corrected chi connectivity index (χ1v) is 9.68. The van der Waals surface area contributed by atoms with Crippen LogP contribution in [-0.2, 0) is 18.8 Å². The van der Waals surface area contributed by atoms with Gasteiger partial charge in [0.15, 0.2) is 5.69 Å². The summed E-state index contributed by atoms with van der Waals surface area (Å²) in [6, 6.07) is 7.65. The Morgan fingerprint density at radius 2 is 1.62 bits per heavy atom. The van der Waals surface area contributed by atoms with Crippen molar-refractivity contribution in [1.82, 2.24) is 15.1 Å². The van der Waals surface area contributed by atoms with E-state index in [-0.39, 0.29) is 18.7 Å². The second-order valence-electron chi connectivity index (χ2n) is 6.60. The van der Waals surface area contributed by atoms with Gasteiger partial charge in [-0.2, -0.15) is 31.4 Å². The lowest BCUT2D eigenvalue weighted by Gasteiger charge is -2.14. The molecule has 0 fully saturated rings. The van der Waals surface area contributed by atoms with E-state index in [9.17, 15) is 31.1 Å². The van der Waals surface area contributed by atoms with Gasteiger partial charge in [-0.3, -0.25) is 4.79 Å². The Morgan fingerprint density at radius 3 is 2.19 bits per heavy atom. The highest BCUT2D eigenvalue weighted by molar-refractivity contribution is 6.35. The van der Waals surface area contributed by atoms with E-state index in [1.165, 1.54) is 6.07 Å². The van der Waals surface area contributed by atoms with Gasteiger partial charge >= 0.3 is 12.4 Å². The summed E-state index contributed by atoms with van der Waals surface area (Å²) < 4.78 is 79.6. The van der Waals surface area contributed by atoms with Crippen LogP contribution in [0.5, 0.6) is 0 Å². The Hall–Kier alpha value is -2.72. The molecule has 0 atom stereocenters. The van der Waals surface area contributed by atoms with Gasteiger partial charge in [0.05, 0.1) is 23.0 Å². The summed E-state index contributed by atoms with van der Waals surface area (Å²) in [6.45, 7) is -0.0249. The molecule has 0 aliphatic heterocycles. The quantitative estimate of drug-likeness (QED) is 0.429. The average Bonchev–Trinajstić information content (AvgIpc) is 3.15. The normalized spacial score (nSPS) is 12.1. The highest BCUT2D eigenvalue weighted by Crippen LogP contribution is 2.35. The zero-order valence-corrected chi connectivity index (χ0v) is 17.4. The van der Waals surface area contributed by atoms with Crippen molar-refractivity contribution in [1.29, 1.82) is 0 Å². The van der Waals surface area contributed by atoms with E-state index in [0.717, 1.165) is 12.1 Å². The largest absolute Gasteiger partial charge is 0.434 e. The lowest BCUT2D eigenvalue weighted by atomic mass is 10.1. The van der Waals surface area contributed by atoms with Crippen LogP contribution in [0.25, 0.3) is 5.69 Å². The number of amides is 1. The van der Waals surface area contributed by atoms with E-state index in [1.807, 2.05) is 0 Å². The first-order chi connectivity index (χ1) is 14.9. The molecular weight excluding hydrogens is 483 g/mol. The zero-order chi connectivity index (χ0) is 23.7. The van der Waals surface area contributed by atoms with Crippen molar-refractivity contribution in [2.45, 2.75) is 18.8 Å². The van der Waals surface area contributed by atoms with Crippen LogP contribution >= 0.6 is 23.2 Å². The van der Waals surface area contributed by atoms with E-state index < -0.39 is 35.1 Å². The molecule has 0 radical (unpaired) electrons. The van der Waals surface area contributed by atoms with Crippen LogP contribution in [0.1, 0.15) is 27.2 Å². The molecule has 32 heavy (non-hydrogen) atoms. The van der Waals surface area contributed by atoms with Gasteiger partial charge in [0.2, 0.25) is 0 Å². The van der Waals surface area contributed by atoms with Gasteiger partial charge in [-0.1, -0.05) is 29.3 Å². The number of rotatable bonds is 5. The number of nitrogens with zero attached hydrogens (tertiary/aromatic N) is 2. The van der Waals surface area contributed by atoms with E-state index in [1.54, 1.807) is 12.1 Å². The molecule has 3 rings (SSSR count). The highest BCUT2D eigenvalue weighted by Gasteiger charge is 2.40. The predicted molar refractivity (Wildman–Crippen MR) is 106 cm³/mol. The Kier molecular flexibility index (Phi) is 6.75. The van der Waals surface area contributed by atoms with E-state index >= 15 is 0 Å². The van der Waals surface area contributed by atoms with Crippen molar-refractivity contribution < 1.29 is 31.1 Å². The minimum Gasteiger partial charge on any atom is -0.352 e. The van der Waals surface area contributed by atoms with Crippen LogP contribution in [0.15, 0.2) is 48.7 Å². The number of alkyl halides is 6. The van der Waals surface area contributed by atoms with E-state index in [0.29, 0.717) is 38.6 Å². The van der Waals surface area contributed by atoms with Crippen LogP contribution in [0.2, 0.25) is 10.0 Å². The lowest BCUT2D eigenvalue weighted by molar-refractivity contribution is -0.143. The van der Waals surface area contributed by atoms with Crippen molar-refractivity contribution >= 4 is 29.1 Å². The SMILES string of the molecule is O=C(NCCc1ccc(Cl)cc1Cl)c1cnn(-c2ccc(C(F)(F)F)cc2)c1C(F)(F)F. The van der Waals surface area contributed by atoms with Crippen molar-refractivity contribution in [2.75, 3.05) is 6.54 Å². The van der Waals surface area contributed by atoms with Crippen molar-refractivity contribution in [3.05, 3.63) is 81.1 Å². The number of benzene rings is 2. The number of carbonyl (C=O) groups is 1. The third-order valence-electron chi connectivity index (χ3n) is 4.42. The van der Waals surface area contributed by atoms with Gasteiger partial charge in [0, 0.05) is 16.6 Å². The molecule has 0 unspecified atom stereocenters. The summed E-state index contributed by atoms with van der Waals surface area (Å²) in [5.41, 5.74) is -2.84. The molecule has 1 amide bonds. The minimum atomic E-state index is -4.99. The minimum absolute atomic E-state index is 0.0249. The fourth-order valence-electron chi connectivity index (χ4n) is 2.91. The first kappa shape index (κ1) is 23.9. The summed E-state index contributed by atoms with van der Waals surface area (Å²) in [5.74, 6) is -1.04. The molecule has 0 aliphatic rings. The maximum atomic E-state index is 13.7. The Labute approximate surface area is 187 Å². The molecule has 0 spiro atoms. The molecule has 170 valence electrons. The van der Waals surface area contributed by atoms with Crippen LogP contribution in [0, 0.1) is 0 Å². The molecule has 0 bridgehead atoms. The van der Waals surface area contributed by atoms with Gasteiger partial charge in [-0.05, 0) is 48.4 Å². The van der Waals surface area contributed by atoms with Crippen LogP contribution < -0.4 is 5.32 Å². The smallest absolute Gasteiger partial charge is 0.352 e. The predicted octanol–water partition coefficient (Wildman–Crippen LogP) is 6.19. The molecule has 12 heteroatoms. The molecule has 4 nitrogen and oxygen atoms in total. The Bertz CT molecular complexity index is 1120. The van der Waals surface area contributed by atoms with Crippen molar-refractivity contribution in [2.24, 2.45) is 0 Å². The number of carbonyl (C=O) groups excluding carboxylic acids is 1. The number of hydrogen-bond acceptors (Lipinski definition) is 2. The van der Waals surface area contributed by atoms with Gasteiger partial charge in [0.1, 0.15) is 0 Å². The third-order valence-corrected chi connectivity index (χ3v) is 5.00. The van der Waals surface area contributed by atoms with Crippen molar-refractivity contribution in [3.63, 3.8) is 0 Å². The average molecular weight is 496 g/mol. The Morgan fingerprint density at radius 1 is 0.969 bits per heavy atom. The van der Waals surface area contributed by atoms with E-state index in [4.69, 9.17) is 23.2 Å². The summed E-state index contributed by atoms with van der Waals surface area (Å²) in [5, 5.41) is 6.69. The molecule has 2 aromatic carbocycles. The van der Waals surface area contributed by atoms with Crippen LogP contribution in [0.3, 0.4) is 0 Å². The van der Waals surface area contributed by atoms with Gasteiger partial charge in [-0.15, -0.1) is 0 Å². The number of nitrogens with one attached hydrogen (secondary N) is 1.